The summed E-state index contributed by atoms with van der Waals surface area (Å²) in [5, 5.41) is 8.15. The van der Waals surface area contributed by atoms with Gasteiger partial charge in [-0.15, -0.1) is 24.8 Å². The number of nitrogens with one attached hydrogen (secondary N) is 1. The molecule has 6 heteroatoms. The van der Waals surface area contributed by atoms with Crippen molar-refractivity contribution in [1.29, 1.82) is 0 Å². The SMILES string of the molecule is Cl.Cl.c1c(CN2CCCC2)nn2c1CNCCC2. The highest BCUT2D eigenvalue weighted by Crippen LogP contribution is 2.14. The van der Waals surface area contributed by atoms with Crippen LogP contribution in [0.15, 0.2) is 6.07 Å². The average molecular weight is 293 g/mol. The number of aryl methyl sites for hydroxylation is 1. The van der Waals surface area contributed by atoms with E-state index in [0.717, 1.165) is 26.2 Å². The summed E-state index contributed by atoms with van der Waals surface area (Å²) in [6.07, 6.45) is 3.90. The molecule has 3 heterocycles. The molecule has 4 nitrogen and oxygen atoms in total. The van der Waals surface area contributed by atoms with Crippen LogP contribution in [-0.2, 0) is 19.6 Å². The Morgan fingerprint density at radius 2 is 1.89 bits per heavy atom. The van der Waals surface area contributed by atoms with E-state index in [9.17, 15) is 0 Å². The van der Waals surface area contributed by atoms with Gasteiger partial charge >= 0.3 is 0 Å². The zero-order chi connectivity index (χ0) is 10.8. The minimum atomic E-state index is 0. The van der Waals surface area contributed by atoms with Gasteiger partial charge in [0.25, 0.3) is 0 Å². The van der Waals surface area contributed by atoms with Crippen molar-refractivity contribution in [1.82, 2.24) is 20.0 Å². The lowest BCUT2D eigenvalue weighted by Gasteiger charge is -2.11. The van der Waals surface area contributed by atoms with Crippen molar-refractivity contribution < 1.29 is 0 Å². The molecule has 1 aromatic rings. The fourth-order valence-electron chi connectivity index (χ4n) is 2.67. The lowest BCUT2D eigenvalue weighted by Crippen LogP contribution is -2.19. The Morgan fingerprint density at radius 3 is 2.67 bits per heavy atom. The zero-order valence-electron chi connectivity index (χ0n) is 10.6. The monoisotopic (exact) mass is 292 g/mol. The molecule has 0 saturated carbocycles. The van der Waals surface area contributed by atoms with Crippen molar-refractivity contribution in [3.05, 3.63) is 17.5 Å². The summed E-state index contributed by atoms with van der Waals surface area (Å²) in [7, 11) is 0. The Hall–Kier alpha value is -0.290. The van der Waals surface area contributed by atoms with Crippen LogP contribution in [0.25, 0.3) is 0 Å². The van der Waals surface area contributed by atoms with E-state index in [2.05, 4.69) is 21.0 Å². The van der Waals surface area contributed by atoms with Crippen LogP contribution in [0.2, 0.25) is 0 Å². The van der Waals surface area contributed by atoms with Crippen LogP contribution in [0.3, 0.4) is 0 Å². The summed E-state index contributed by atoms with van der Waals surface area (Å²) < 4.78 is 2.19. The van der Waals surface area contributed by atoms with Crippen molar-refractivity contribution in [2.24, 2.45) is 0 Å². The highest BCUT2D eigenvalue weighted by molar-refractivity contribution is 5.85. The second-order valence-electron chi connectivity index (χ2n) is 4.86. The smallest absolute Gasteiger partial charge is 0.0768 e. The second-order valence-corrected chi connectivity index (χ2v) is 4.86. The predicted molar refractivity (Wildman–Crippen MR) is 77.6 cm³/mol. The molecule has 0 aliphatic carbocycles. The number of hydrogen-bond acceptors (Lipinski definition) is 3. The van der Waals surface area contributed by atoms with E-state index in [1.54, 1.807) is 0 Å². The van der Waals surface area contributed by atoms with E-state index in [-0.39, 0.29) is 24.8 Å². The quantitative estimate of drug-likeness (QED) is 0.903. The van der Waals surface area contributed by atoms with Gasteiger partial charge in [-0.2, -0.15) is 5.10 Å². The first-order valence-electron chi connectivity index (χ1n) is 6.40. The number of rotatable bonds is 2. The van der Waals surface area contributed by atoms with Crippen molar-refractivity contribution >= 4 is 24.8 Å². The molecule has 1 aromatic heterocycles. The summed E-state index contributed by atoms with van der Waals surface area (Å²) in [6, 6.07) is 2.27. The van der Waals surface area contributed by atoms with E-state index < -0.39 is 0 Å². The van der Waals surface area contributed by atoms with Crippen LogP contribution >= 0.6 is 24.8 Å². The van der Waals surface area contributed by atoms with Gasteiger partial charge in [-0.25, -0.2) is 0 Å². The molecule has 0 unspecified atom stereocenters. The van der Waals surface area contributed by atoms with Crippen molar-refractivity contribution in [2.45, 2.75) is 38.9 Å². The largest absolute Gasteiger partial charge is 0.311 e. The number of nitrogens with zero attached hydrogens (tertiary/aromatic N) is 3. The lowest BCUT2D eigenvalue weighted by molar-refractivity contribution is 0.325. The topological polar surface area (TPSA) is 33.1 Å². The molecule has 0 amide bonds. The van der Waals surface area contributed by atoms with Gasteiger partial charge in [0.2, 0.25) is 0 Å². The Kier molecular flexibility index (Phi) is 6.43. The van der Waals surface area contributed by atoms with Crippen molar-refractivity contribution in [2.75, 3.05) is 19.6 Å². The first-order chi connectivity index (χ1) is 7.92. The molecule has 1 saturated heterocycles. The molecule has 0 atom stereocenters. The summed E-state index contributed by atoms with van der Waals surface area (Å²) in [4.78, 5) is 2.51. The normalized spacial score (nSPS) is 19.6. The minimum absolute atomic E-state index is 0. The standard InChI is InChI=1S/C12H20N4.2ClH/c1-2-6-15(5-1)10-11-8-12-9-13-4-3-7-16(12)14-11;;/h8,13H,1-7,9-10H2;2*1H. The van der Waals surface area contributed by atoms with Crippen molar-refractivity contribution in [3.8, 4) is 0 Å². The molecule has 18 heavy (non-hydrogen) atoms. The molecular formula is C12H22Cl2N4. The van der Waals surface area contributed by atoms with Gasteiger partial charge < -0.3 is 5.32 Å². The summed E-state index contributed by atoms with van der Waals surface area (Å²) in [6.45, 7) is 6.71. The number of aromatic nitrogens is 2. The maximum Gasteiger partial charge on any atom is 0.0768 e. The third-order valence-corrected chi connectivity index (χ3v) is 3.53. The van der Waals surface area contributed by atoms with Crippen LogP contribution < -0.4 is 5.32 Å². The van der Waals surface area contributed by atoms with E-state index in [0.29, 0.717) is 0 Å². The Bertz CT molecular complexity index is 337. The first kappa shape index (κ1) is 15.8. The molecular weight excluding hydrogens is 271 g/mol. The lowest BCUT2D eigenvalue weighted by atomic mass is 10.3. The van der Waals surface area contributed by atoms with Gasteiger partial charge in [-0.1, -0.05) is 0 Å². The van der Waals surface area contributed by atoms with E-state index >= 15 is 0 Å². The Morgan fingerprint density at radius 1 is 1.11 bits per heavy atom. The van der Waals surface area contributed by atoms with E-state index in [1.165, 1.54) is 43.7 Å². The third kappa shape index (κ3) is 3.60. The van der Waals surface area contributed by atoms with Gasteiger partial charge in [-0.3, -0.25) is 9.58 Å². The highest BCUT2D eigenvalue weighted by atomic mass is 35.5. The summed E-state index contributed by atoms with van der Waals surface area (Å²) in [5.41, 5.74) is 2.60. The Balaban J connectivity index is 0.000000810. The molecule has 1 N–H and O–H groups in total. The number of halogens is 2. The molecule has 0 bridgehead atoms. The maximum absolute atomic E-state index is 4.71. The fraction of sp³-hybridized carbons (Fsp3) is 0.750. The molecule has 1 fully saturated rings. The summed E-state index contributed by atoms with van der Waals surface area (Å²) >= 11 is 0. The van der Waals surface area contributed by atoms with Gasteiger partial charge in [-0.05, 0) is 45.0 Å². The van der Waals surface area contributed by atoms with Gasteiger partial charge in [0, 0.05) is 19.6 Å². The number of likely N-dealkylation sites (tertiary alicyclic amines) is 1. The van der Waals surface area contributed by atoms with Crippen molar-refractivity contribution in [3.63, 3.8) is 0 Å². The fourth-order valence-corrected chi connectivity index (χ4v) is 2.67. The molecule has 3 rings (SSSR count). The second kappa shape index (κ2) is 7.34. The minimum Gasteiger partial charge on any atom is -0.311 e. The molecule has 104 valence electrons. The van der Waals surface area contributed by atoms with Crippen LogP contribution in [0.5, 0.6) is 0 Å². The van der Waals surface area contributed by atoms with Gasteiger partial charge in [0.05, 0.1) is 11.4 Å². The van der Waals surface area contributed by atoms with E-state index in [1.807, 2.05) is 0 Å². The predicted octanol–water partition coefficient (Wildman–Crippen LogP) is 1.82. The van der Waals surface area contributed by atoms with Crippen LogP contribution in [-0.4, -0.2) is 34.3 Å². The Labute approximate surface area is 121 Å². The molecule has 0 spiro atoms. The zero-order valence-corrected chi connectivity index (χ0v) is 12.2. The number of hydrogen-bond donors (Lipinski definition) is 1. The summed E-state index contributed by atoms with van der Waals surface area (Å²) in [5.74, 6) is 0. The number of fused-ring (bicyclic) bond motifs is 1. The highest BCUT2D eigenvalue weighted by Gasteiger charge is 2.15. The maximum atomic E-state index is 4.71. The average Bonchev–Trinajstić information content (AvgIpc) is 2.86. The van der Waals surface area contributed by atoms with Crippen LogP contribution in [0.1, 0.15) is 30.7 Å². The third-order valence-electron chi connectivity index (χ3n) is 3.53. The van der Waals surface area contributed by atoms with Crippen LogP contribution in [0, 0.1) is 0 Å². The first-order valence-corrected chi connectivity index (χ1v) is 6.40. The van der Waals surface area contributed by atoms with Gasteiger partial charge in [0.1, 0.15) is 0 Å². The van der Waals surface area contributed by atoms with Crippen LogP contribution in [0.4, 0.5) is 0 Å². The molecule has 2 aliphatic rings. The molecule has 0 aromatic carbocycles. The molecule has 2 aliphatic heterocycles. The van der Waals surface area contributed by atoms with Gasteiger partial charge in [0.15, 0.2) is 0 Å². The van der Waals surface area contributed by atoms with E-state index in [4.69, 9.17) is 5.10 Å². The molecule has 0 radical (unpaired) electrons.